The van der Waals surface area contributed by atoms with Crippen molar-refractivity contribution in [1.82, 2.24) is 25.8 Å². The summed E-state index contributed by atoms with van der Waals surface area (Å²) < 4.78 is 0. The molecule has 0 aliphatic carbocycles. The summed E-state index contributed by atoms with van der Waals surface area (Å²) in [6, 6.07) is -0.324. The van der Waals surface area contributed by atoms with E-state index in [2.05, 4.69) is 25.8 Å². The van der Waals surface area contributed by atoms with Crippen molar-refractivity contribution in [1.29, 1.82) is 0 Å². The molecule has 0 aliphatic rings. The third-order valence-corrected chi connectivity index (χ3v) is 2.41. The molecular weight excluding hydrogens is 234 g/mol. The average Bonchev–Trinajstić information content (AvgIpc) is 2.62. The Hall–Kier alpha value is -1.92. The standard InChI is InChI=1S/C11H19N5O2/c1-6(9-13-7(2)15-16-9)12-10(18)11(4,5)14-8(3)17/h6H,1-5H3,(H,12,18)(H,14,17)(H,13,15,16)/t6-/m0/s1. The highest BCUT2D eigenvalue weighted by atomic mass is 16.2. The molecular formula is C11H19N5O2. The van der Waals surface area contributed by atoms with E-state index in [1.807, 2.05) is 0 Å². The largest absolute Gasteiger partial charge is 0.344 e. The highest BCUT2D eigenvalue weighted by Gasteiger charge is 2.30. The van der Waals surface area contributed by atoms with Gasteiger partial charge in [-0.1, -0.05) is 0 Å². The van der Waals surface area contributed by atoms with Gasteiger partial charge >= 0.3 is 0 Å². The summed E-state index contributed by atoms with van der Waals surface area (Å²) in [4.78, 5) is 27.1. The number of carbonyl (C=O) groups is 2. The first-order chi connectivity index (χ1) is 8.22. The first kappa shape index (κ1) is 14.1. The van der Waals surface area contributed by atoms with Gasteiger partial charge in [-0.3, -0.25) is 14.7 Å². The summed E-state index contributed by atoms with van der Waals surface area (Å²) in [5.41, 5.74) is -0.967. The van der Waals surface area contributed by atoms with Crippen LogP contribution in [0.1, 0.15) is 45.4 Å². The Kier molecular flexibility index (Phi) is 4.05. The van der Waals surface area contributed by atoms with Gasteiger partial charge in [0.1, 0.15) is 11.4 Å². The lowest BCUT2D eigenvalue weighted by Gasteiger charge is -2.25. The molecule has 18 heavy (non-hydrogen) atoms. The molecule has 0 fully saturated rings. The normalized spacial score (nSPS) is 12.9. The van der Waals surface area contributed by atoms with Crippen molar-refractivity contribution in [3.05, 3.63) is 11.6 Å². The van der Waals surface area contributed by atoms with Gasteiger partial charge in [0.25, 0.3) is 0 Å². The van der Waals surface area contributed by atoms with Crippen molar-refractivity contribution in [2.75, 3.05) is 0 Å². The van der Waals surface area contributed by atoms with E-state index in [9.17, 15) is 9.59 Å². The Balaban J connectivity index is 2.67. The third kappa shape index (κ3) is 3.54. The smallest absolute Gasteiger partial charge is 0.245 e. The zero-order chi connectivity index (χ0) is 13.9. The fourth-order valence-electron chi connectivity index (χ4n) is 1.49. The molecule has 7 heteroatoms. The van der Waals surface area contributed by atoms with Crippen molar-refractivity contribution in [2.24, 2.45) is 0 Å². The van der Waals surface area contributed by atoms with Crippen molar-refractivity contribution >= 4 is 11.8 Å². The number of aryl methyl sites for hydroxylation is 1. The second kappa shape index (κ2) is 5.16. The maximum absolute atomic E-state index is 12.0. The second-order valence-corrected chi connectivity index (χ2v) is 4.78. The van der Waals surface area contributed by atoms with Crippen molar-refractivity contribution in [2.45, 2.75) is 46.2 Å². The molecule has 3 N–H and O–H groups in total. The minimum atomic E-state index is -0.967. The van der Waals surface area contributed by atoms with Crippen molar-refractivity contribution in [3.8, 4) is 0 Å². The topological polar surface area (TPSA) is 99.8 Å². The van der Waals surface area contributed by atoms with Crippen molar-refractivity contribution in [3.63, 3.8) is 0 Å². The molecule has 100 valence electrons. The number of carbonyl (C=O) groups excluding carboxylic acids is 2. The van der Waals surface area contributed by atoms with Crippen LogP contribution in [0.2, 0.25) is 0 Å². The molecule has 1 heterocycles. The molecule has 0 bridgehead atoms. The first-order valence-electron chi connectivity index (χ1n) is 5.71. The molecule has 1 aromatic rings. The predicted octanol–water partition coefficient (Wildman–Crippen LogP) is 0.205. The molecule has 2 amide bonds. The van der Waals surface area contributed by atoms with E-state index in [1.165, 1.54) is 6.92 Å². The Morgan fingerprint density at radius 2 is 2.00 bits per heavy atom. The van der Waals surface area contributed by atoms with Crippen LogP contribution in [0.15, 0.2) is 0 Å². The Labute approximate surface area is 106 Å². The van der Waals surface area contributed by atoms with Crippen LogP contribution in [0.25, 0.3) is 0 Å². The number of aromatic amines is 1. The minimum absolute atomic E-state index is 0.253. The lowest BCUT2D eigenvalue weighted by atomic mass is 10.0. The molecule has 0 saturated heterocycles. The van der Waals surface area contributed by atoms with E-state index >= 15 is 0 Å². The average molecular weight is 253 g/mol. The number of nitrogens with zero attached hydrogens (tertiary/aromatic N) is 2. The molecule has 0 unspecified atom stereocenters. The fraction of sp³-hybridized carbons (Fsp3) is 0.636. The van der Waals surface area contributed by atoms with E-state index < -0.39 is 5.54 Å². The number of hydrogen-bond donors (Lipinski definition) is 3. The summed E-state index contributed by atoms with van der Waals surface area (Å²) in [6.45, 7) is 8.22. The quantitative estimate of drug-likeness (QED) is 0.714. The monoisotopic (exact) mass is 253 g/mol. The lowest BCUT2D eigenvalue weighted by molar-refractivity contribution is -0.132. The van der Waals surface area contributed by atoms with Crippen LogP contribution in [-0.4, -0.2) is 32.5 Å². The number of H-pyrrole nitrogens is 1. The van der Waals surface area contributed by atoms with Crippen LogP contribution >= 0.6 is 0 Å². The predicted molar refractivity (Wildman–Crippen MR) is 65.6 cm³/mol. The fourth-order valence-corrected chi connectivity index (χ4v) is 1.49. The molecule has 1 atom stereocenters. The summed E-state index contributed by atoms with van der Waals surface area (Å²) in [7, 11) is 0. The summed E-state index contributed by atoms with van der Waals surface area (Å²) in [6.07, 6.45) is 0. The van der Waals surface area contributed by atoms with E-state index in [0.717, 1.165) is 0 Å². The molecule has 7 nitrogen and oxygen atoms in total. The molecule has 0 aliphatic heterocycles. The zero-order valence-corrected chi connectivity index (χ0v) is 11.3. The van der Waals surface area contributed by atoms with Crippen LogP contribution in [0.3, 0.4) is 0 Å². The highest BCUT2D eigenvalue weighted by molar-refractivity contribution is 5.90. The van der Waals surface area contributed by atoms with E-state index in [0.29, 0.717) is 11.6 Å². The molecule has 0 spiro atoms. The molecule has 1 aromatic heterocycles. The van der Waals surface area contributed by atoms with Crippen LogP contribution in [0.4, 0.5) is 0 Å². The van der Waals surface area contributed by atoms with Gasteiger partial charge < -0.3 is 10.6 Å². The molecule has 1 rings (SSSR count). The van der Waals surface area contributed by atoms with Gasteiger partial charge in [-0.2, -0.15) is 5.10 Å². The Bertz CT molecular complexity index is 452. The van der Waals surface area contributed by atoms with Crippen LogP contribution < -0.4 is 10.6 Å². The van der Waals surface area contributed by atoms with E-state index in [4.69, 9.17) is 0 Å². The van der Waals surface area contributed by atoms with E-state index in [1.54, 1.807) is 27.7 Å². The van der Waals surface area contributed by atoms with Gasteiger partial charge in [0, 0.05) is 6.92 Å². The van der Waals surface area contributed by atoms with Gasteiger partial charge in [-0.05, 0) is 27.7 Å². The maximum Gasteiger partial charge on any atom is 0.245 e. The summed E-state index contributed by atoms with van der Waals surface area (Å²) in [5, 5.41) is 12.0. The molecule has 0 radical (unpaired) electrons. The minimum Gasteiger partial charge on any atom is -0.344 e. The summed E-state index contributed by atoms with van der Waals surface area (Å²) >= 11 is 0. The van der Waals surface area contributed by atoms with Crippen LogP contribution in [-0.2, 0) is 9.59 Å². The number of amides is 2. The number of nitrogens with one attached hydrogen (secondary N) is 3. The van der Waals surface area contributed by atoms with Crippen LogP contribution in [0, 0.1) is 6.92 Å². The Morgan fingerprint density at radius 3 is 2.44 bits per heavy atom. The highest BCUT2D eigenvalue weighted by Crippen LogP contribution is 2.09. The van der Waals surface area contributed by atoms with Gasteiger partial charge in [0.2, 0.25) is 11.8 Å². The van der Waals surface area contributed by atoms with Crippen molar-refractivity contribution < 1.29 is 9.59 Å². The molecule has 0 saturated carbocycles. The third-order valence-electron chi connectivity index (χ3n) is 2.41. The number of rotatable bonds is 4. The van der Waals surface area contributed by atoms with Gasteiger partial charge in [0.15, 0.2) is 5.82 Å². The zero-order valence-electron chi connectivity index (χ0n) is 11.3. The number of aromatic nitrogens is 3. The van der Waals surface area contributed by atoms with Gasteiger partial charge in [-0.15, -0.1) is 0 Å². The van der Waals surface area contributed by atoms with Crippen LogP contribution in [0.5, 0.6) is 0 Å². The summed E-state index contributed by atoms with van der Waals surface area (Å²) in [5.74, 6) is 0.663. The second-order valence-electron chi connectivity index (χ2n) is 4.78. The SMILES string of the molecule is CC(=O)NC(C)(C)C(=O)N[C@@H](C)c1n[nH]c(C)n1. The van der Waals surface area contributed by atoms with Gasteiger partial charge in [0.05, 0.1) is 6.04 Å². The lowest BCUT2D eigenvalue weighted by Crippen LogP contribution is -2.54. The molecule has 0 aromatic carbocycles. The number of hydrogen-bond acceptors (Lipinski definition) is 4. The maximum atomic E-state index is 12.0. The van der Waals surface area contributed by atoms with E-state index in [-0.39, 0.29) is 17.9 Å². The van der Waals surface area contributed by atoms with Gasteiger partial charge in [-0.25, -0.2) is 4.98 Å². The first-order valence-corrected chi connectivity index (χ1v) is 5.71. The Morgan fingerprint density at radius 1 is 1.39 bits per heavy atom.